The SMILES string of the molecule is CNC(=O)COc1ccc(Cl)cc1S(N)(=O)=O. The molecule has 0 heterocycles. The van der Waals surface area contributed by atoms with E-state index in [9.17, 15) is 13.2 Å². The zero-order chi connectivity index (χ0) is 13.1. The van der Waals surface area contributed by atoms with Crippen LogP contribution in [-0.4, -0.2) is 28.0 Å². The quantitative estimate of drug-likeness (QED) is 0.817. The Hall–Kier alpha value is -1.31. The number of hydrogen-bond acceptors (Lipinski definition) is 4. The number of carbonyl (C=O) groups is 1. The summed E-state index contributed by atoms with van der Waals surface area (Å²) in [6, 6.07) is 3.94. The number of carbonyl (C=O) groups excluding carboxylic acids is 1. The van der Waals surface area contributed by atoms with Crippen LogP contribution in [0.4, 0.5) is 0 Å². The maximum atomic E-state index is 11.3. The third kappa shape index (κ3) is 3.88. The predicted molar refractivity (Wildman–Crippen MR) is 62.4 cm³/mol. The minimum Gasteiger partial charge on any atom is -0.482 e. The molecule has 0 unspecified atom stereocenters. The third-order valence-electron chi connectivity index (χ3n) is 1.85. The molecule has 0 atom stereocenters. The van der Waals surface area contributed by atoms with Crippen molar-refractivity contribution in [1.82, 2.24) is 5.32 Å². The number of nitrogens with two attached hydrogens (primary N) is 1. The Morgan fingerprint density at radius 1 is 1.53 bits per heavy atom. The van der Waals surface area contributed by atoms with E-state index in [1.165, 1.54) is 19.2 Å². The van der Waals surface area contributed by atoms with Gasteiger partial charge in [-0.2, -0.15) is 0 Å². The van der Waals surface area contributed by atoms with E-state index in [0.717, 1.165) is 6.07 Å². The van der Waals surface area contributed by atoms with Crippen molar-refractivity contribution >= 4 is 27.5 Å². The van der Waals surface area contributed by atoms with E-state index in [0.29, 0.717) is 0 Å². The Kier molecular flexibility index (Phi) is 4.33. The zero-order valence-corrected chi connectivity index (χ0v) is 10.5. The summed E-state index contributed by atoms with van der Waals surface area (Å²) in [5, 5.41) is 7.54. The van der Waals surface area contributed by atoms with E-state index in [2.05, 4.69) is 5.32 Å². The van der Waals surface area contributed by atoms with Crippen LogP contribution in [0.3, 0.4) is 0 Å². The first-order chi connectivity index (χ1) is 7.84. The fraction of sp³-hybridized carbons (Fsp3) is 0.222. The average Bonchev–Trinajstić information content (AvgIpc) is 2.25. The molecule has 6 nitrogen and oxygen atoms in total. The first-order valence-corrected chi connectivity index (χ1v) is 6.42. The third-order valence-corrected chi connectivity index (χ3v) is 3.02. The zero-order valence-electron chi connectivity index (χ0n) is 8.94. The highest BCUT2D eigenvalue weighted by Crippen LogP contribution is 2.26. The Balaban J connectivity index is 3.04. The lowest BCUT2D eigenvalue weighted by Crippen LogP contribution is -2.25. The summed E-state index contributed by atoms with van der Waals surface area (Å²) in [6.07, 6.45) is 0. The molecule has 1 aromatic carbocycles. The van der Waals surface area contributed by atoms with Gasteiger partial charge in [-0.25, -0.2) is 13.6 Å². The van der Waals surface area contributed by atoms with Crippen molar-refractivity contribution in [2.45, 2.75) is 4.90 Å². The van der Waals surface area contributed by atoms with Gasteiger partial charge in [-0.15, -0.1) is 0 Å². The van der Waals surface area contributed by atoms with Crippen LogP contribution in [0.15, 0.2) is 23.1 Å². The molecule has 0 fully saturated rings. The highest BCUT2D eigenvalue weighted by molar-refractivity contribution is 7.89. The van der Waals surface area contributed by atoms with Gasteiger partial charge >= 0.3 is 0 Å². The van der Waals surface area contributed by atoms with Crippen molar-refractivity contribution < 1.29 is 17.9 Å². The number of hydrogen-bond donors (Lipinski definition) is 2. The van der Waals surface area contributed by atoms with Gasteiger partial charge in [0.2, 0.25) is 10.0 Å². The molecule has 0 aliphatic heterocycles. The molecule has 0 saturated carbocycles. The minimum absolute atomic E-state index is 0.0134. The largest absolute Gasteiger partial charge is 0.482 e. The van der Waals surface area contributed by atoms with Crippen molar-refractivity contribution in [3.63, 3.8) is 0 Å². The second-order valence-electron chi connectivity index (χ2n) is 3.10. The molecule has 0 radical (unpaired) electrons. The topological polar surface area (TPSA) is 98.5 Å². The van der Waals surface area contributed by atoms with Crippen molar-refractivity contribution in [2.24, 2.45) is 5.14 Å². The first-order valence-electron chi connectivity index (χ1n) is 4.50. The number of primary sulfonamides is 1. The summed E-state index contributed by atoms with van der Waals surface area (Å²) < 4.78 is 27.6. The number of ether oxygens (including phenoxy) is 1. The lowest BCUT2D eigenvalue weighted by atomic mass is 10.3. The molecule has 0 saturated heterocycles. The van der Waals surface area contributed by atoms with E-state index < -0.39 is 10.0 Å². The molecule has 1 amide bonds. The number of amides is 1. The summed E-state index contributed by atoms with van der Waals surface area (Å²) >= 11 is 5.66. The Morgan fingerprint density at radius 3 is 2.71 bits per heavy atom. The highest BCUT2D eigenvalue weighted by atomic mass is 35.5. The van der Waals surface area contributed by atoms with Crippen LogP contribution in [0.5, 0.6) is 5.75 Å². The van der Waals surface area contributed by atoms with Gasteiger partial charge in [-0.1, -0.05) is 11.6 Å². The number of rotatable bonds is 4. The predicted octanol–water partition coefficient (Wildman–Crippen LogP) is 0.112. The normalized spacial score (nSPS) is 11.0. The first kappa shape index (κ1) is 13.8. The van der Waals surface area contributed by atoms with E-state index in [1.54, 1.807) is 0 Å². The number of benzene rings is 1. The molecule has 8 heteroatoms. The van der Waals surface area contributed by atoms with Gasteiger partial charge in [0.1, 0.15) is 10.6 Å². The number of sulfonamides is 1. The average molecular weight is 279 g/mol. The number of nitrogens with one attached hydrogen (secondary N) is 1. The van der Waals surface area contributed by atoms with Gasteiger partial charge in [0.05, 0.1) is 0 Å². The molecule has 1 rings (SSSR count). The minimum atomic E-state index is -3.95. The molecule has 94 valence electrons. The standard InChI is InChI=1S/C9H11ClN2O4S/c1-12-9(13)5-16-7-3-2-6(10)4-8(7)17(11,14)15/h2-4H,5H2,1H3,(H,12,13)(H2,11,14,15). The second-order valence-corrected chi connectivity index (χ2v) is 5.06. The van der Waals surface area contributed by atoms with Gasteiger partial charge in [0.15, 0.2) is 6.61 Å². The Bertz CT molecular complexity index is 530. The van der Waals surface area contributed by atoms with Gasteiger partial charge in [0, 0.05) is 12.1 Å². The molecule has 17 heavy (non-hydrogen) atoms. The summed E-state index contributed by atoms with van der Waals surface area (Å²) in [5.74, 6) is -0.402. The highest BCUT2D eigenvalue weighted by Gasteiger charge is 2.16. The van der Waals surface area contributed by atoms with Gasteiger partial charge < -0.3 is 10.1 Å². The maximum Gasteiger partial charge on any atom is 0.257 e. The summed E-state index contributed by atoms with van der Waals surface area (Å²) in [5.41, 5.74) is 0. The van der Waals surface area contributed by atoms with Crippen LogP contribution in [0.2, 0.25) is 5.02 Å². The smallest absolute Gasteiger partial charge is 0.257 e. The van der Waals surface area contributed by atoms with Crippen molar-refractivity contribution in [2.75, 3.05) is 13.7 Å². The van der Waals surface area contributed by atoms with E-state index in [1.807, 2.05) is 0 Å². The molecule has 0 spiro atoms. The van der Waals surface area contributed by atoms with Crippen molar-refractivity contribution in [3.8, 4) is 5.75 Å². The molecule has 0 aromatic heterocycles. The monoisotopic (exact) mass is 278 g/mol. The van der Waals surface area contributed by atoms with Crippen molar-refractivity contribution in [1.29, 1.82) is 0 Å². The maximum absolute atomic E-state index is 11.3. The fourth-order valence-corrected chi connectivity index (χ4v) is 1.97. The van der Waals surface area contributed by atoms with Crippen molar-refractivity contribution in [3.05, 3.63) is 23.2 Å². The van der Waals surface area contributed by atoms with Crippen LogP contribution < -0.4 is 15.2 Å². The van der Waals surface area contributed by atoms with Crippen LogP contribution in [-0.2, 0) is 14.8 Å². The summed E-state index contributed by atoms with van der Waals surface area (Å²) in [7, 11) is -2.51. The summed E-state index contributed by atoms with van der Waals surface area (Å²) in [6.45, 7) is -0.305. The fourth-order valence-electron chi connectivity index (χ4n) is 1.04. The van der Waals surface area contributed by atoms with E-state index in [4.69, 9.17) is 21.5 Å². The molecular weight excluding hydrogens is 268 g/mol. The molecule has 0 aliphatic rings. The van der Waals surface area contributed by atoms with Crippen LogP contribution in [0.25, 0.3) is 0 Å². The number of halogens is 1. The van der Waals surface area contributed by atoms with E-state index >= 15 is 0 Å². The Morgan fingerprint density at radius 2 is 2.18 bits per heavy atom. The lowest BCUT2D eigenvalue weighted by Gasteiger charge is -2.09. The van der Waals surface area contributed by atoms with E-state index in [-0.39, 0.29) is 28.2 Å². The summed E-state index contributed by atoms with van der Waals surface area (Å²) in [4.78, 5) is 10.7. The molecule has 0 aliphatic carbocycles. The van der Waals surface area contributed by atoms with Gasteiger partial charge in [0.25, 0.3) is 5.91 Å². The van der Waals surface area contributed by atoms with Gasteiger partial charge in [-0.3, -0.25) is 4.79 Å². The molecular formula is C9H11ClN2O4S. The lowest BCUT2D eigenvalue weighted by molar-refractivity contribution is -0.122. The Labute approximate surface area is 104 Å². The number of likely N-dealkylation sites (N-methyl/N-ethyl adjacent to an activating group) is 1. The second kappa shape index (κ2) is 5.35. The van der Waals surface area contributed by atoms with Crippen LogP contribution in [0.1, 0.15) is 0 Å². The van der Waals surface area contributed by atoms with Crippen LogP contribution >= 0.6 is 11.6 Å². The molecule has 3 N–H and O–H groups in total. The molecule has 0 bridgehead atoms. The molecule has 1 aromatic rings. The van der Waals surface area contributed by atoms with Gasteiger partial charge in [-0.05, 0) is 18.2 Å². The van der Waals surface area contributed by atoms with Crippen LogP contribution in [0, 0.1) is 0 Å².